The van der Waals surface area contributed by atoms with Gasteiger partial charge in [0.25, 0.3) is 0 Å². The molecule has 0 aliphatic carbocycles. The number of halogens is 1. The van der Waals surface area contributed by atoms with E-state index in [0.717, 1.165) is 15.8 Å². The Hall–Kier alpha value is -1.07. The third-order valence-electron chi connectivity index (χ3n) is 2.67. The van der Waals surface area contributed by atoms with E-state index in [0.29, 0.717) is 6.54 Å². The summed E-state index contributed by atoms with van der Waals surface area (Å²) in [6.45, 7) is 4.11. The molecule has 0 amide bonds. The van der Waals surface area contributed by atoms with Crippen molar-refractivity contribution in [1.29, 1.82) is 0 Å². The first-order valence-electron chi connectivity index (χ1n) is 5.56. The standard InChI is InChI=1S/C13H18BrNO3/c1-13(2,12(16)18-4)15-8-9-7-10(17-3)5-6-11(9)14/h5-7,15H,8H2,1-4H3. The molecule has 0 fully saturated rings. The van der Waals surface area contributed by atoms with Gasteiger partial charge in [-0.2, -0.15) is 0 Å². The quantitative estimate of drug-likeness (QED) is 0.848. The van der Waals surface area contributed by atoms with Crippen LogP contribution in [0.15, 0.2) is 22.7 Å². The topological polar surface area (TPSA) is 47.6 Å². The third kappa shape index (κ3) is 3.71. The van der Waals surface area contributed by atoms with Crippen LogP contribution in [0, 0.1) is 0 Å². The van der Waals surface area contributed by atoms with Crippen molar-refractivity contribution >= 4 is 21.9 Å². The number of hydrogen-bond acceptors (Lipinski definition) is 4. The number of nitrogens with one attached hydrogen (secondary N) is 1. The van der Waals surface area contributed by atoms with Crippen LogP contribution in [0.2, 0.25) is 0 Å². The van der Waals surface area contributed by atoms with Crippen LogP contribution >= 0.6 is 15.9 Å². The molecule has 0 aliphatic heterocycles. The smallest absolute Gasteiger partial charge is 0.325 e. The Labute approximate surface area is 116 Å². The van der Waals surface area contributed by atoms with Crippen molar-refractivity contribution < 1.29 is 14.3 Å². The van der Waals surface area contributed by atoms with Gasteiger partial charge < -0.3 is 9.47 Å². The number of hydrogen-bond donors (Lipinski definition) is 1. The molecule has 1 rings (SSSR count). The Morgan fingerprint density at radius 3 is 2.61 bits per heavy atom. The fourth-order valence-electron chi connectivity index (χ4n) is 1.46. The summed E-state index contributed by atoms with van der Waals surface area (Å²) in [5.41, 5.74) is 0.295. The summed E-state index contributed by atoms with van der Waals surface area (Å²) in [5, 5.41) is 3.16. The molecule has 1 aromatic rings. The van der Waals surface area contributed by atoms with E-state index in [1.807, 2.05) is 18.2 Å². The molecule has 0 saturated heterocycles. The largest absolute Gasteiger partial charge is 0.497 e. The molecule has 0 spiro atoms. The fourth-order valence-corrected chi connectivity index (χ4v) is 1.84. The zero-order chi connectivity index (χ0) is 13.8. The first-order chi connectivity index (χ1) is 8.40. The molecule has 1 aromatic carbocycles. The highest BCUT2D eigenvalue weighted by Gasteiger charge is 2.27. The Morgan fingerprint density at radius 2 is 2.06 bits per heavy atom. The molecule has 4 nitrogen and oxygen atoms in total. The van der Waals surface area contributed by atoms with Gasteiger partial charge in [-0.3, -0.25) is 10.1 Å². The Bertz CT molecular complexity index is 432. The van der Waals surface area contributed by atoms with Crippen LogP contribution in [-0.4, -0.2) is 25.7 Å². The van der Waals surface area contributed by atoms with Crippen LogP contribution in [0.4, 0.5) is 0 Å². The minimum atomic E-state index is -0.725. The molecule has 0 bridgehead atoms. The molecule has 18 heavy (non-hydrogen) atoms. The zero-order valence-electron chi connectivity index (χ0n) is 11.0. The molecular formula is C13H18BrNO3. The van der Waals surface area contributed by atoms with Gasteiger partial charge in [-0.1, -0.05) is 15.9 Å². The van der Waals surface area contributed by atoms with Crippen molar-refractivity contribution in [3.05, 3.63) is 28.2 Å². The molecule has 5 heteroatoms. The number of carbonyl (C=O) groups is 1. The van der Waals surface area contributed by atoms with Crippen LogP contribution < -0.4 is 10.1 Å². The molecule has 0 aromatic heterocycles. The number of carbonyl (C=O) groups excluding carboxylic acids is 1. The summed E-state index contributed by atoms with van der Waals surface area (Å²) in [7, 11) is 3.01. The Kier molecular flexibility index (Phi) is 5.16. The number of esters is 1. The Balaban J connectivity index is 2.77. The second kappa shape index (κ2) is 6.20. The van der Waals surface area contributed by atoms with Gasteiger partial charge in [0.05, 0.1) is 14.2 Å². The van der Waals surface area contributed by atoms with E-state index in [2.05, 4.69) is 21.2 Å². The Morgan fingerprint density at radius 1 is 1.39 bits per heavy atom. The van der Waals surface area contributed by atoms with Crippen molar-refractivity contribution in [1.82, 2.24) is 5.32 Å². The van der Waals surface area contributed by atoms with E-state index in [1.54, 1.807) is 21.0 Å². The fraction of sp³-hybridized carbons (Fsp3) is 0.462. The van der Waals surface area contributed by atoms with E-state index in [4.69, 9.17) is 9.47 Å². The van der Waals surface area contributed by atoms with Crippen molar-refractivity contribution in [2.75, 3.05) is 14.2 Å². The third-order valence-corrected chi connectivity index (χ3v) is 3.44. The lowest BCUT2D eigenvalue weighted by molar-refractivity contribution is -0.147. The highest BCUT2D eigenvalue weighted by atomic mass is 79.9. The maximum atomic E-state index is 11.5. The van der Waals surface area contributed by atoms with Crippen LogP contribution in [0.5, 0.6) is 5.75 Å². The van der Waals surface area contributed by atoms with Gasteiger partial charge in [0.1, 0.15) is 11.3 Å². The molecule has 1 N–H and O–H groups in total. The molecule has 0 atom stereocenters. The van der Waals surface area contributed by atoms with Gasteiger partial charge in [-0.15, -0.1) is 0 Å². The lowest BCUT2D eigenvalue weighted by atomic mass is 10.1. The summed E-state index contributed by atoms with van der Waals surface area (Å²) in [5.74, 6) is 0.493. The second-order valence-corrected chi connectivity index (χ2v) is 5.28. The van der Waals surface area contributed by atoms with E-state index in [1.165, 1.54) is 7.11 Å². The average Bonchev–Trinajstić information content (AvgIpc) is 2.36. The van der Waals surface area contributed by atoms with E-state index >= 15 is 0 Å². The highest BCUT2D eigenvalue weighted by molar-refractivity contribution is 9.10. The summed E-state index contributed by atoms with van der Waals surface area (Å²) in [6, 6.07) is 5.71. The van der Waals surface area contributed by atoms with Crippen LogP contribution in [0.1, 0.15) is 19.4 Å². The monoisotopic (exact) mass is 315 g/mol. The van der Waals surface area contributed by atoms with Gasteiger partial charge in [0.2, 0.25) is 0 Å². The molecule has 0 radical (unpaired) electrons. The van der Waals surface area contributed by atoms with Gasteiger partial charge in [-0.05, 0) is 37.6 Å². The second-order valence-electron chi connectivity index (χ2n) is 4.43. The SMILES string of the molecule is COC(=O)C(C)(C)NCc1cc(OC)ccc1Br. The first-order valence-corrected chi connectivity index (χ1v) is 6.36. The van der Waals surface area contributed by atoms with Crippen LogP contribution in [0.3, 0.4) is 0 Å². The lowest BCUT2D eigenvalue weighted by Crippen LogP contribution is -2.47. The maximum absolute atomic E-state index is 11.5. The maximum Gasteiger partial charge on any atom is 0.325 e. The highest BCUT2D eigenvalue weighted by Crippen LogP contribution is 2.23. The van der Waals surface area contributed by atoms with Crippen LogP contribution in [-0.2, 0) is 16.1 Å². The molecule has 100 valence electrons. The first kappa shape index (κ1) is 15.0. The lowest BCUT2D eigenvalue weighted by Gasteiger charge is -2.23. The van der Waals surface area contributed by atoms with Crippen molar-refractivity contribution in [2.24, 2.45) is 0 Å². The van der Waals surface area contributed by atoms with Gasteiger partial charge in [0.15, 0.2) is 0 Å². The normalized spacial score (nSPS) is 11.2. The predicted octanol–water partition coefficient (Wildman–Crippen LogP) is 2.50. The van der Waals surface area contributed by atoms with E-state index in [-0.39, 0.29) is 5.97 Å². The summed E-state index contributed by atoms with van der Waals surface area (Å²) >= 11 is 3.47. The molecule has 0 saturated carbocycles. The molecule has 0 unspecified atom stereocenters. The summed E-state index contributed by atoms with van der Waals surface area (Å²) < 4.78 is 10.9. The summed E-state index contributed by atoms with van der Waals surface area (Å²) in [6.07, 6.45) is 0. The van der Waals surface area contributed by atoms with E-state index < -0.39 is 5.54 Å². The minimum Gasteiger partial charge on any atom is -0.497 e. The number of ether oxygens (including phenoxy) is 2. The van der Waals surface area contributed by atoms with Gasteiger partial charge >= 0.3 is 5.97 Å². The van der Waals surface area contributed by atoms with Crippen LogP contribution in [0.25, 0.3) is 0 Å². The summed E-state index contributed by atoms with van der Waals surface area (Å²) in [4.78, 5) is 11.5. The number of methoxy groups -OCH3 is 2. The van der Waals surface area contributed by atoms with Crippen molar-refractivity contribution in [2.45, 2.75) is 25.9 Å². The average molecular weight is 316 g/mol. The van der Waals surface area contributed by atoms with Crippen molar-refractivity contribution in [3.8, 4) is 5.75 Å². The predicted molar refractivity (Wildman–Crippen MR) is 73.6 cm³/mol. The van der Waals surface area contributed by atoms with E-state index in [9.17, 15) is 4.79 Å². The zero-order valence-corrected chi connectivity index (χ0v) is 12.6. The van der Waals surface area contributed by atoms with Gasteiger partial charge in [0, 0.05) is 11.0 Å². The molecule has 0 aliphatic rings. The number of rotatable bonds is 5. The molecular weight excluding hydrogens is 298 g/mol. The van der Waals surface area contributed by atoms with Crippen molar-refractivity contribution in [3.63, 3.8) is 0 Å². The number of benzene rings is 1. The van der Waals surface area contributed by atoms with Gasteiger partial charge in [-0.25, -0.2) is 0 Å². The minimum absolute atomic E-state index is 0.290. The molecule has 0 heterocycles.